The van der Waals surface area contributed by atoms with Gasteiger partial charge in [-0.15, -0.1) is 0 Å². The maximum atomic E-state index is 9.82. The first-order valence-corrected chi connectivity index (χ1v) is 8.82. The van der Waals surface area contributed by atoms with Crippen molar-refractivity contribution in [3.8, 4) is 0 Å². The summed E-state index contributed by atoms with van der Waals surface area (Å²) in [5.74, 6) is 0. The second-order valence-electron chi connectivity index (χ2n) is 7.09. The molecule has 0 heterocycles. The molecule has 24 heavy (non-hydrogen) atoms. The number of hydrogen-bond acceptors (Lipinski definition) is 4. The minimum Gasteiger partial charge on any atom is -0.392 e. The van der Waals surface area contributed by atoms with Crippen molar-refractivity contribution in [1.82, 2.24) is 0 Å². The lowest BCUT2D eigenvalue weighted by atomic mass is 9.95. The lowest BCUT2D eigenvalue weighted by Crippen LogP contribution is -2.35. The van der Waals surface area contributed by atoms with Crippen LogP contribution in [0.15, 0.2) is 34.9 Å². The first-order valence-electron chi connectivity index (χ1n) is 8.82. The molecule has 0 bridgehead atoms. The second-order valence-corrected chi connectivity index (χ2v) is 7.09. The molecule has 1 atom stereocenters. The Kier molecular flexibility index (Phi) is 11.9. The fraction of sp³-hybridized carbons (Fsp3) is 0.700. The molecule has 0 spiro atoms. The van der Waals surface area contributed by atoms with Crippen LogP contribution in [0.25, 0.3) is 0 Å². The average Bonchev–Trinajstić information content (AvgIpc) is 2.50. The van der Waals surface area contributed by atoms with Crippen molar-refractivity contribution in [1.29, 1.82) is 0 Å². The van der Waals surface area contributed by atoms with Crippen LogP contribution in [-0.2, 0) is 0 Å². The van der Waals surface area contributed by atoms with Gasteiger partial charge in [-0.2, -0.15) is 0 Å². The molecule has 140 valence electrons. The summed E-state index contributed by atoms with van der Waals surface area (Å²) in [5, 5.41) is 37.5. The maximum Gasteiger partial charge on any atom is 0.0849 e. The minimum atomic E-state index is -1.04. The molecular formula is C20H36O4. The summed E-state index contributed by atoms with van der Waals surface area (Å²) < 4.78 is 0. The maximum absolute atomic E-state index is 9.82. The molecule has 0 aliphatic rings. The molecule has 0 unspecified atom stereocenters. The molecule has 0 aliphatic heterocycles. The SMILES string of the molecule is C/C(=C\CC/C(=C\CO)CO)CC/C=C(\C)CC[C@@H](O)C(C)(C)O. The molecule has 4 nitrogen and oxygen atoms in total. The van der Waals surface area contributed by atoms with Crippen molar-refractivity contribution in [2.45, 2.75) is 77.9 Å². The Morgan fingerprint density at radius 3 is 1.96 bits per heavy atom. The van der Waals surface area contributed by atoms with Crippen LogP contribution in [0.1, 0.15) is 66.2 Å². The summed E-state index contributed by atoms with van der Waals surface area (Å²) in [6, 6.07) is 0. The number of aliphatic hydroxyl groups excluding tert-OH is 3. The molecule has 4 N–H and O–H groups in total. The second kappa shape index (κ2) is 12.4. The van der Waals surface area contributed by atoms with Gasteiger partial charge in [0, 0.05) is 0 Å². The van der Waals surface area contributed by atoms with E-state index in [2.05, 4.69) is 26.0 Å². The van der Waals surface area contributed by atoms with Crippen LogP contribution in [0, 0.1) is 0 Å². The van der Waals surface area contributed by atoms with Crippen LogP contribution < -0.4 is 0 Å². The molecule has 0 saturated carbocycles. The van der Waals surface area contributed by atoms with Crippen molar-refractivity contribution in [3.63, 3.8) is 0 Å². The van der Waals surface area contributed by atoms with E-state index in [1.807, 2.05) is 0 Å². The zero-order valence-electron chi connectivity index (χ0n) is 15.8. The van der Waals surface area contributed by atoms with Gasteiger partial charge in [0.1, 0.15) is 0 Å². The summed E-state index contributed by atoms with van der Waals surface area (Å²) >= 11 is 0. The van der Waals surface area contributed by atoms with Crippen LogP contribution in [0.4, 0.5) is 0 Å². The quantitative estimate of drug-likeness (QED) is 0.411. The molecule has 0 saturated heterocycles. The molecule has 0 aromatic rings. The highest BCUT2D eigenvalue weighted by Gasteiger charge is 2.23. The van der Waals surface area contributed by atoms with Gasteiger partial charge in [0.05, 0.1) is 24.9 Å². The van der Waals surface area contributed by atoms with Crippen LogP contribution in [0.5, 0.6) is 0 Å². The van der Waals surface area contributed by atoms with E-state index in [-0.39, 0.29) is 13.2 Å². The van der Waals surface area contributed by atoms with Gasteiger partial charge in [0.25, 0.3) is 0 Å². The van der Waals surface area contributed by atoms with Gasteiger partial charge in [-0.05, 0) is 71.8 Å². The Labute approximate surface area is 147 Å². The van der Waals surface area contributed by atoms with E-state index in [0.29, 0.717) is 6.42 Å². The van der Waals surface area contributed by atoms with E-state index in [1.54, 1.807) is 19.9 Å². The molecule has 0 fully saturated rings. The van der Waals surface area contributed by atoms with Crippen molar-refractivity contribution in [2.24, 2.45) is 0 Å². The molecule has 0 aromatic carbocycles. The molecule has 0 aliphatic carbocycles. The van der Waals surface area contributed by atoms with E-state index < -0.39 is 11.7 Å². The van der Waals surface area contributed by atoms with Crippen LogP contribution in [-0.4, -0.2) is 45.3 Å². The third-order valence-corrected chi connectivity index (χ3v) is 4.20. The number of aliphatic hydroxyl groups is 4. The first kappa shape index (κ1) is 23.1. The lowest BCUT2D eigenvalue weighted by molar-refractivity contribution is -0.0509. The van der Waals surface area contributed by atoms with E-state index in [1.165, 1.54) is 11.1 Å². The number of hydrogen-bond donors (Lipinski definition) is 4. The Bertz CT molecular complexity index is 427. The highest BCUT2D eigenvalue weighted by atomic mass is 16.3. The van der Waals surface area contributed by atoms with E-state index >= 15 is 0 Å². The largest absolute Gasteiger partial charge is 0.392 e. The number of rotatable bonds is 12. The molecule has 4 heteroatoms. The predicted octanol–water partition coefficient (Wildman–Crippen LogP) is 3.26. The third kappa shape index (κ3) is 11.6. The van der Waals surface area contributed by atoms with E-state index in [0.717, 1.165) is 37.7 Å². The summed E-state index contributed by atoms with van der Waals surface area (Å²) in [6.45, 7) is 7.40. The van der Waals surface area contributed by atoms with Crippen molar-refractivity contribution < 1.29 is 20.4 Å². The molecule has 0 amide bonds. The van der Waals surface area contributed by atoms with Gasteiger partial charge in [-0.25, -0.2) is 0 Å². The molecular weight excluding hydrogens is 304 g/mol. The fourth-order valence-electron chi connectivity index (χ4n) is 2.35. The summed E-state index contributed by atoms with van der Waals surface area (Å²) in [6.07, 6.45) is 10.3. The lowest BCUT2D eigenvalue weighted by Gasteiger charge is -2.24. The predicted molar refractivity (Wildman–Crippen MR) is 99.8 cm³/mol. The highest BCUT2D eigenvalue weighted by molar-refractivity contribution is 5.07. The van der Waals surface area contributed by atoms with Crippen LogP contribution >= 0.6 is 0 Å². The Morgan fingerprint density at radius 1 is 0.917 bits per heavy atom. The van der Waals surface area contributed by atoms with E-state index in [4.69, 9.17) is 10.2 Å². The Morgan fingerprint density at radius 2 is 1.46 bits per heavy atom. The summed E-state index contributed by atoms with van der Waals surface area (Å²) in [7, 11) is 0. The van der Waals surface area contributed by atoms with Crippen molar-refractivity contribution in [3.05, 3.63) is 34.9 Å². The highest BCUT2D eigenvalue weighted by Crippen LogP contribution is 2.17. The first-order chi connectivity index (χ1) is 11.2. The minimum absolute atomic E-state index is 0.00583. The fourth-order valence-corrected chi connectivity index (χ4v) is 2.35. The van der Waals surface area contributed by atoms with Crippen LogP contribution in [0.2, 0.25) is 0 Å². The standard InChI is InChI=1S/C20H36O4/c1-16(9-6-10-18(15-22)13-14-21)7-5-8-17(2)11-12-19(23)20(3,4)24/h8-9,13,19,21-24H,5-7,10-12,14-15H2,1-4H3/b16-9+,17-8+,18-13+/t19-/m1/s1. The summed E-state index contributed by atoms with van der Waals surface area (Å²) in [4.78, 5) is 0. The monoisotopic (exact) mass is 340 g/mol. The van der Waals surface area contributed by atoms with Gasteiger partial charge in [-0.3, -0.25) is 0 Å². The molecule has 0 aromatic heterocycles. The Balaban J connectivity index is 4.10. The molecule has 0 radical (unpaired) electrons. The third-order valence-electron chi connectivity index (χ3n) is 4.20. The van der Waals surface area contributed by atoms with E-state index in [9.17, 15) is 10.2 Å². The van der Waals surface area contributed by atoms with Crippen molar-refractivity contribution >= 4 is 0 Å². The normalized spacial score (nSPS) is 15.8. The van der Waals surface area contributed by atoms with Crippen molar-refractivity contribution in [2.75, 3.05) is 13.2 Å². The number of allylic oxidation sites excluding steroid dienone is 4. The van der Waals surface area contributed by atoms with Crippen LogP contribution in [0.3, 0.4) is 0 Å². The van der Waals surface area contributed by atoms with Gasteiger partial charge in [-0.1, -0.05) is 29.4 Å². The average molecular weight is 341 g/mol. The smallest absolute Gasteiger partial charge is 0.0849 e. The topological polar surface area (TPSA) is 80.9 Å². The summed E-state index contributed by atoms with van der Waals surface area (Å²) in [5.41, 5.74) is 2.39. The zero-order chi connectivity index (χ0) is 18.6. The molecule has 0 rings (SSSR count). The van der Waals surface area contributed by atoms with Gasteiger partial charge < -0.3 is 20.4 Å². The Hall–Kier alpha value is -0.940. The van der Waals surface area contributed by atoms with Gasteiger partial charge >= 0.3 is 0 Å². The van der Waals surface area contributed by atoms with Gasteiger partial charge in [0.2, 0.25) is 0 Å². The zero-order valence-corrected chi connectivity index (χ0v) is 15.8. The van der Waals surface area contributed by atoms with Gasteiger partial charge in [0.15, 0.2) is 0 Å².